The summed E-state index contributed by atoms with van der Waals surface area (Å²) < 4.78 is 4.86. The molecule has 1 atom stereocenters. The number of ether oxygens (including phenoxy) is 1. The van der Waals surface area contributed by atoms with Crippen molar-refractivity contribution in [1.29, 1.82) is 0 Å². The molecule has 0 N–H and O–H groups in total. The fraction of sp³-hybridized carbons (Fsp3) is 0.400. The monoisotopic (exact) mass is 309 g/mol. The quantitative estimate of drug-likeness (QED) is 0.595. The maximum atomic E-state index is 11.9. The van der Waals surface area contributed by atoms with Crippen molar-refractivity contribution in [2.45, 2.75) is 25.8 Å². The van der Waals surface area contributed by atoms with Crippen LogP contribution >= 0.6 is 24.4 Å². The Bertz CT molecular complexity index is 502. The molecule has 0 aliphatic heterocycles. The van der Waals surface area contributed by atoms with Crippen LogP contribution in [0.4, 0.5) is 0 Å². The van der Waals surface area contributed by atoms with Gasteiger partial charge in [-0.1, -0.05) is 62.0 Å². The van der Waals surface area contributed by atoms with Crippen LogP contribution in [-0.2, 0) is 9.53 Å². The van der Waals surface area contributed by atoms with Gasteiger partial charge in [0.15, 0.2) is 0 Å². The molecule has 0 aliphatic rings. The Hall–Kier alpha value is -1.33. The Morgan fingerprint density at radius 1 is 1.45 bits per heavy atom. The van der Waals surface area contributed by atoms with Crippen molar-refractivity contribution in [2.24, 2.45) is 0 Å². The van der Waals surface area contributed by atoms with Crippen LogP contribution < -0.4 is 0 Å². The van der Waals surface area contributed by atoms with Crippen molar-refractivity contribution < 1.29 is 9.53 Å². The summed E-state index contributed by atoms with van der Waals surface area (Å²) in [6.45, 7) is 2.03. The minimum atomic E-state index is -0.365. The van der Waals surface area contributed by atoms with Crippen LogP contribution in [0.1, 0.15) is 30.9 Å². The van der Waals surface area contributed by atoms with Crippen molar-refractivity contribution >= 4 is 40.8 Å². The van der Waals surface area contributed by atoms with Gasteiger partial charge in [0, 0.05) is 18.0 Å². The lowest BCUT2D eigenvalue weighted by molar-refractivity contribution is -0.145. The molecular weight excluding hydrogens is 290 g/mol. The summed E-state index contributed by atoms with van der Waals surface area (Å²) in [5.74, 6) is -0.267. The van der Waals surface area contributed by atoms with Crippen molar-refractivity contribution in [3.63, 3.8) is 0 Å². The number of rotatable bonds is 6. The normalized spacial score (nSPS) is 11.6. The number of hydrogen-bond donors (Lipinski definition) is 0. The average Bonchev–Trinajstić information content (AvgIpc) is 2.50. The lowest BCUT2D eigenvalue weighted by Gasteiger charge is -2.28. The van der Waals surface area contributed by atoms with E-state index in [4.69, 9.17) is 29.2 Å². The first-order chi connectivity index (χ1) is 9.56. The van der Waals surface area contributed by atoms with E-state index in [-0.39, 0.29) is 12.0 Å². The highest BCUT2D eigenvalue weighted by molar-refractivity contribution is 7.81. The van der Waals surface area contributed by atoms with Gasteiger partial charge in [-0.2, -0.15) is 0 Å². The van der Waals surface area contributed by atoms with Crippen LogP contribution in [0.25, 0.3) is 0 Å². The third-order valence-electron chi connectivity index (χ3n) is 3.14. The number of thiocarbonyl (C=S) groups is 2. The molecule has 0 aromatic heterocycles. The number of benzene rings is 1. The Balaban J connectivity index is 3.04. The first-order valence-electron chi connectivity index (χ1n) is 6.46. The number of likely N-dealkylation sites (N-methyl/N-ethyl adjacent to an activating group) is 1. The first kappa shape index (κ1) is 16.7. The average molecular weight is 309 g/mol. The van der Waals surface area contributed by atoms with Gasteiger partial charge in [-0.05, 0) is 12.0 Å². The van der Waals surface area contributed by atoms with Gasteiger partial charge in [-0.25, -0.2) is 4.79 Å². The minimum absolute atomic E-state index is 0.267. The molecule has 108 valence electrons. The molecule has 0 bridgehead atoms. The van der Waals surface area contributed by atoms with Crippen LogP contribution in [0.15, 0.2) is 24.3 Å². The van der Waals surface area contributed by atoms with E-state index < -0.39 is 0 Å². The number of hydrogen-bond acceptors (Lipinski definition) is 4. The fourth-order valence-electron chi connectivity index (χ4n) is 2.01. The smallest absolute Gasteiger partial charge is 0.328 e. The van der Waals surface area contributed by atoms with Gasteiger partial charge in [0.05, 0.1) is 7.11 Å². The molecule has 1 aromatic rings. The van der Waals surface area contributed by atoms with Crippen molar-refractivity contribution in [1.82, 2.24) is 4.90 Å². The van der Waals surface area contributed by atoms with Crippen LogP contribution in [0.3, 0.4) is 0 Å². The number of nitrogens with zero attached hydrogens (tertiary/aromatic N) is 1. The molecule has 1 aromatic carbocycles. The van der Waals surface area contributed by atoms with Gasteiger partial charge < -0.3 is 9.64 Å². The van der Waals surface area contributed by atoms with Gasteiger partial charge in [-0.15, -0.1) is 0 Å². The molecule has 0 fully saturated rings. The molecule has 0 heterocycles. The molecule has 0 saturated heterocycles. The van der Waals surface area contributed by atoms with Gasteiger partial charge in [-0.3, -0.25) is 0 Å². The Labute approximate surface area is 130 Å². The third kappa shape index (κ3) is 3.84. The number of methoxy groups -OCH3 is 1. The van der Waals surface area contributed by atoms with Crippen LogP contribution in [0.5, 0.6) is 0 Å². The van der Waals surface area contributed by atoms with Gasteiger partial charge in [0.1, 0.15) is 11.0 Å². The summed E-state index contributed by atoms with van der Waals surface area (Å²) in [6.07, 6.45) is 1.57. The summed E-state index contributed by atoms with van der Waals surface area (Å²) in [7, 11) is 3.21. The molecule has 3 nitrogen and oxygen atoms in total. The van der Waals surface area contributed by atoms with Crippen molar-refractivity contribution in [3.05, 3.63) is 35.4 Å². The molecule has 0 radical (unpaired) electrons. The van der Waals surface area contributed by atoms with Gasteiger partial charge >= 0.3 is 5.97 Å². The second kappa shape index (κ2) is 8.07. The van der Waals surface area contributed by atoms with E-state index >= 15 is 0 Å². The van der Waals surface area contributed by atoms with Crippen LogP contribution in [0, 0.1) is 0 Å². The summed E-state index contributed by atoms with van der Waals surface area (Å²) >= 11 is 10.5. The number of esters is 1. The summed E-state index contributed by atoms with van der Waals surface area (Å²) in [6, 6.07) is 7.28. The molecule has 1 unspecified atom stereocenters. The predicted octanol–water partition coefficient (Wildman–Crippen LogP) is 2.98. The predicted molar refractivity (Wildman–Crippen MR) is 89.4 cm³/mol. The molecular formula is C15H19NO2S2. The second-order valence-corrected chi connectivity index (χ2v) is 5.07. The largest absolute Gasteiger partial charge is 0.467 e. The standard InChI is InChI=1S/C15H19NO2S2/c1-4-7-13(15(17)18-3)16(2)14(20)12-9-6-5-8-11(12)10-19/h5-6,8-10,13H,4,7H2,1-3H3. The van der Waals surface area contributed by atoms with E-state index in [0.29, 0.717) is 11.4 Å². The number of carbonyl (C=O) groups excluding carboxylic acids is 1. The van der Waals surface area contributed by atoms with E-state index in [2.05, 4.69) is 0 Å². The van der Waals surface area contributed by atoms with Crippen LogP contribution in [-0.4, -0.2) is 41.4 Å². The zero-order valence-electron chi connectivity index (χ0n) is 12.0. The molecule has 20 heavy (non-hydrogen) atoms. The number of carbonyl (C=O) groups is 1. The summed E-state index contributed by atoms with van der Waals surface area (Å²) in [5.41, 5.74) is 1.75. The van der Waals surface area contributed by atoms with E-state index in [9.17, 15) is 4.79 Å². The highest BCUT2D eigenvalue weighted by Crippen LogP contribution is 2.15. The second-order valence-electron chi connectivity index (χ2n) is 4.45. The van der Waals surface area contributed by atoms with Crippen molar-refractivity contribution in [3.8, 4) is 0 Å². The summed E-state index contributed by atoms with van der Waals surface area (Å²) in [5, 5.41) is 1.60. The molecule has 5 heteroatoms. The maximum Gasteiger partial charge on any atom is 0.328 e. The van der Waals surface area contributed by atoms with E-state index in [1.54, 1.807) is 10.3 Å². The van der Waals surface area contributed by atoms with Gasteiger partial charge in [0.25, 0.3) is 0 Å². The van der Waals surface area contributed by atoms with Crippen molar-refractivity contribution in [2.75, 3.05) is 14.2 Å². The fourth-order valence-corrected chi connectivity index (χ4v) is 2.52. The Morgan fingerprint density at radius 2 is 2.10 bits per heavy atom. The molecule has 0 amide bonds. The summed E-state index contributed by atoms with van der Waals surface area (Å²) in [4.78, 5) is 14.3. The van der Waals surface area contributed by atoms with E-state index in [0.717, 1.165) is 17.5 Å². The highest BCUT2D eigenvalue weighted by Gasteiger charge is 2.26. The SMILES string of the molecule is CCCC(C(=O)OC)N(C)C(=S)c1ccccc1C=S. The first-order valence-corrected chi connectivity index (χ1v) is 7.34. The molecule has 0 saturated carbocycles. The lowest BCUT2D eigenvalue weighted by atomic mass is 10.1. The minimum Gasteiger partial charge on any atom is -0.467 e. The lowest BCUT2D eigenvalue weighted by Crippen LogP contribution is -2.42. The Kier molecular flexibility index (Phi) is 6.75. The van der Waals surface area contributed by atoms with E-state index in [1.807, 2.05) is 38.2 Å². The zero-order valence-corrected chi connectivity index (χ0v) is 13.6. The van der Waals surface area contributed by atoms with Gasteiger partial charge in [0.2, 0.25) is 0 Å². The Morgan fingerprint density at radius 3 is 2.65 bits per heavy atom. The molecule has 1 rings (SSSR count). The van der Waals surface area contributed by atoms with Crippen LogP contribution in [0.2, 0.25) is 0 Å². The highest BCUT2D eigenvalue weighted by atomic mass is 32.1. The third-order valence-corrected chi connectivity index (χ3v) is 3.90. The topological polar surface area (TPSA) is 29.5 Å². The maximum absolute atomic E-state index is 11.9. The van der Waals surface area contributed by atoms with E-state index in [1.165, 1.54) is 7.11 Å². The molecule has 0 spiro atoms. The zero-order chi connectivity index (χ0) is 15.1. The molecule has 0 aliphatic carbocycles.